The highest BCUT2D eigenvalue weighted by Crippen LogP contribution is 2.23. The number of carbonyl (C=O) groups excluding carboxylic acids is 1. The molecule has 1 amide bonds. The molecule has 116 valence electrons. The summed E-state index contributed by atoms with van der Waals surface area (Å²) in [6.07, 6.45) is 0. The topological polar surface area (TPSA) is 49.3 Å². The van der Waals surface area contributed by atoms with Gasteiger partial charge in [0.1, 0.15) is 11.4 Å². The van der Waals surface area contributed by atoms with E-state index in [0.29, 0.717) is 5.56 Å². The largest absolute Gasteiger partial charge is 0.384 e. The van der Waals surface area contributed by atoms with E-state index < -0.39 is 17.3 Å². The fourth-order valence-electron chi connectivity index (χ4n) is 1.97. The molecular formula is C16H14BrClFNO2. The minimum atomic E-state index is -1.28. The maximum atomic E-state index is 13.7. The molecule has 2 aromatic rings. The Bertz CT molecular complexity index is 669. The van der Waals surface area contributed by atoms with E-state index in [2.05, 4.69) is 21.2 Å². The molecule has 0 aliphatic heterocycles. The number of hydrogen-bond acceptors (Lipinski definition) is 2. The fourth-order valence-corrected chi connectivity index (χ4v) is 2.48. The van der Waals surface area contributed by atoms with Gasteiger partial charge in [-0.2, -0.15) is 0 Å². The smallest absolute Gasteiger partial charge is 0.255 e. The van der Waals surface area contributed by atoms with Gasteiger partial charge in [-0.1, -0.05) is 45.7 Å². The lowest BCUT2D eigenvalue weighted by Gasteiger charge is -2.24. The van der Waals surface area contributed by atoms with Gasteiger partial charge in [0.2, 0.25) is 0 Å². The summed E-state index contributed by atoms with van der Waals surface area (Å²) in [5.74, 6) is -1.37. The van der Waals surface area contributed by atoms with Crippen molar-refractivity contribution in [3.05, 3.63) is 68.9 Å². The summed E-state index contributed by atoms with van der Waals surface area (Å²) in [5, 5.41) is 13.0. The molecule has 0 heterocycles. The molecule has 0 aromatic heterocycles. The molecule has 0 bridgehead atoms. The van der Waals surface area contributed by atoms with Crippen molar-refractivity contribution in [2.75, 3.05) is 6.54 Å². The van der Waals surface area contributed by atoms with Crippen molar-refractivity contribution in [1.82, 2.24) is 5.32 Å². The van der Waals surface area contributed by atoms with Crippen LogP contribution in [0.25, 0.3) is 0 Å². The second-order valence-electron chi connectivity index (χ2n) is 5.06. The van der Waals surface area contributed by atoms with Gasteiger partial charge in [0.25, 0.3) is 5.91 Å². The predicted molar refractivity (Wildman–Crippen MR) is 87.5 cm³/mol. The van der Waals surface area contributed by atoms with Crippen molar-refractivity contribution in [1.29, 1.82) is 0 Å². The first-order valence-electron chi connectivity index (χ1n) is 6.52. The van der Waals surface area contributed by atoms with Gasteiger partial charge < -0.3 is 10.4 Å². The summed E-state index contributed by atoms with van der Waals surface area (Å²) in [5.41, 5.74) is -0.875. The fraction of sp³-hybridized carbons (Fsp3) is 0.188. The standard InChI is InChI=1S/C16H14BrClFNO2/c1-16(22,10-5-7-11(17)8-6-10)9-20-15(21)14-12(18)3-2-4-13(14)19/h2-8,22H,9H2,1H3,(H,20,21). The van der Waals surface area contributed by atoms with Crippen LogP contribution in [-0.4, -0.2) is 17.6 Å². The lowest BCUT2D eigenvalue weighted by atomic mass is 9.96. The third-order valence-electron chi connectivity index (χ3n) is 3.25. The number of nitrogens with one attached hydrogen (secondary N) is 1. The summed E-state index contributed by atoms with van der Waals surface area (Å²) in [6.45, 7) is 1.50. The Hall–Kier alpha value is -1.43. The first-order valence-corrected chi connectivity index (χ1v) is 7.69. The van der Waals surface area contributed by atoms with Crippen molar-refractivity contribution < 1.29 is 14.3 Å². The second-order valence-corrected chi connectivity index (χ2v) is 6.38. The molecule has 1 atom stereocenters. The van der Waals surface area contributed by atoms with Gasteiger partial charge in [0.05, 0.1) is 17.1 Å². The minimum absolute atomic E-state index is 0.0285. The van der Waals surface area contributed by atoms with Gasteiger partial charge in [-0.05, 0) is 36.8 Å². The van der Waals surface area contributed by atoms with Crippen molar-refractivity contribution in [2.45, 2.75) is 12.5 Å². The Morgan fingerprint density at radius 2 is 1.95 bits per heavy atom. The molecule has 1 unspecified atom stereocenters. The zero-order valence-corrected chi connectivity index (χ0v) is 14.1. The van der Waals surface area contributed by atoms with Gasteiger partial charge in [-0.25, -0.2) is 4.39 Å². The van der Waals surface area contributed by atoms with E-state index in [1.807, 2.05) is 0 Å². The SMILES string of the molecule is CC(O)(CNC(=O)c1c(F)cccc1Cl)c1ccc(Br)cc1. The molecule has 2 rings (SSSR count). The highest BCUT2D eigenvalue weighted by molar-refractivity contribution is 9.10. The summed E-state index contributed by atoms with van der Waals surface area (Å²) < 4.78 is 14.6. The Kier molecular flexibility index (Phi) is 5.21. The first-order chi connectivity index (χ1) is 10.3. The monoisotopic (exact) mass is 385 g/mol. The number of aliphatic hydroxyl groups is 1. The molecule has 2 N–H and O–H groups in total. The molecule has 0 radical (unpaired) electrons. The maximum absolute atomic E-state index is 13.7. The lowest BCUT2D eigenvalue weighted by Crippen LogP contribution is -2.39. The van der Waals surface area contributed by atoms with E-state index in [1.54, 1.807) is 31.2 Å². The van der Waals surface area contributed by atoms with Crippen molar-refractivity contribution in [3.63, 3.8) is 0 Å². The van der Waals surface area contributed by atoms with Crippen molar-refractivity contribution in [2.24, 2.45) is 0 Å². The third kappa shape index (κ3) is 3.85. The van der Waals surface area contributed by atoms with Crippen molar-refractivity contribution in [3.8, 4) is 0 Å². The van der Waals surface area contributed by atoms with Gasteiger partial charge in [-0.3, -0.25) is 4.79 Å². The molecule has 0 saturated heterocycles. The van der Waals surface area contributed by atoms with Crippen LogP contribution in [0.2, 0.25) is 5.02 Å². The normalized spacial score (nSPS) is 13.5. The molecule has 3 nitrogen and oxygen atoms in total. The number of rotatable bonds is 4. The Balaban J connectivity index is 2.11. The van der Waals surface area contributed by atoms with Crippen LogP contribution in [-0.2, 0) is 5.60 Å². The van der Waals surface area contributed by atoms with E-state index in [9.17, 15) is 14.3 Å². The van der Waals surface area contributed by atoms with E-state index >= 15 is 0 Å². The quantitative estimate of drug-likeness (QED) is 0.838. The van der Waals surface area contributed by atoms with Crippen LogP contribution in [0, 0.1) is 5.82 Å². The van der Waals surface area contributed by atoms with E-state index in [-0.39, 0.29) is 17.1 Å². The van der Waals surface area contributed by atoms with E-state index in [0.717, 1.165) is 10.5 Å². The zero-order chi connectivity index (χ0) is 16.3. The maximum Gasteiger partial charge on any atom is 0.255 e. The predicted octanol–water partition coefficient (Wildman–Crippen LogP) is 3.88. The van der Waals surface area contributed by atoms with Gasteiger partial charge in [-0.15, -0.1) is 0 Å². The molecule has 6 heteroatoms. The minimum Gasteiger partial charge on any atom is -0.384 e. The molecule has 0 saturated carbocycles. The summed E-state index contributed by atoms with van der Waals surface area (Å²) in [4.78, 5) is 12.1. The Labute approximate surface area is 141 Å². The molecule has 0 fully saturated rings. The van der Waals surface area contributed by atoms with E-state index in [4.69, 9.17) is 11.6 Å². The number of hydrogen-bond donors (Lipinski definition) is 2. The summed E-state index contributed by atoms with van der Waals surface area (Å²) in [7, 11) is 0. The number of carbonyl (C=O) groups is 1. The third-order valence-corrected chi connectivity index (χ3v) is 4.09. The number of amides is 1. The second kappa shape index (κ2) is 6.77. The van der Waals surface area contributed by atoms with Crippen LogP contribution in [0.5, 0.6) is 0 Å². The first kappa shape index (κ1) is 16.9. The Morgan fingerprint density at radius 1 is 1.32 bits per heavy atom. The average Bonchev–Trinajstić information content (AvgIpc) is 2.45. The number of benzene rings is 2. The van der Waals surface area contributed by atoms with Gasteiger partial charge in [0.15, 0.2) is 0 Å². The molecule has 0 aliphatic rings. The molecule has 0 spiro atoms. The van der Waals surface area contributed by atoms with Gasteiger partial charge in [0, 0.05) is 4.47 Å². The van der Waals surface area contributed by atoms with E-state index in [1.165, 1.54) is 12.1 Å². The summed E-state index contributed by atoms with van der Waals surface area (Å²) >= 11 is 9.15. The molecule has 0 aliphatic carbocycles. The van der Waals surface area contributed by atoms with Crippen LogP contribution in [0.3, 0.4) is 0 Å². The van der Waals surface area contributed by atoms with Crippen LogP contribution in [0.1, 0.15) is 22.8 Å². The average molecular weight is 387 g/mol. The Morgan fingerprint density at radius 3 is 2.55 bits per heavy atom. The van der Waals surface area contributed by atoms with Crippen LogP contribution in [0.15, 0.2) is 46.9 Å². The van der Waals surface area contributed by atoms with Crippen LogP contribution >= 0.6 is 27.5 Å². The highest BCUT2D eigenvalue weighted by atomic mass is 79.9. The zero-order valence-electron chi connectivity index (χ0n) is 11.7. The van der Waals surface area contributed by atoms with Crippen molar-refractivity contribution >= 4 is 33.4 Å². The van der Waals surface area contributed by atoms with Crippen LogP contribution < -0.4 is 5.32 Å². The lowest BCUT2D eigenvalue weighted by molar-refractivity contribution is 0.0525. The highest BCUT2D eigenvalue weighted by Gasteiger charge is 2.25. The van der Waals surface area contributed by atoms with Gasteiger partial charge >= 0.3 is 0 Å². The molecular weight excluding hydrogens is 373 g/mol. The number of halogens is 3. The molecule has 22 heavy (non-hydrogen) atoms. The molecule has 2 aromatic carbocycles. The van der Waals surface area contributed by atoms with Crippen LogP contribution in [0.4, 0.5) is 4.39 Å². The summed E-state index contributed by atoms with van der Waals surface area (Å²) in [6, 6.07) is 11.1.